The third kappa shape index (κ3) is 4.33. The van der Waals surface area contributed by atoms with Crippen molar-refractivity contribution in [2.45, 2.75) is 25.4 Å². The molecule has 1 aliphatic carbocycles. The summed E-state index contributed by atoms with van der Waals surface area (Å²) in [5, 5.41) is 0.694. The summed E-state index contributed by atoms with van der Waals surface area (Å²) in [7, 11) is 0. The second kappa shape index (κ2) is 9.11. The Kier molecular flexibility index (Phi) is 6.05. The molecule has 2 nitrogen and oxygen atoms in total. The number of amides is 1. The second-order valence-corrected chi connectivity index (χ2v) is 10.2. The van der Waals surface area contributed by atoms with Crippen LogP contribution in [0.3, 0.4) is 0 Å². The van der Waals surface area contributed by atoms with Crippen LogP contribution in [0.4, 0.5) is 0 Å². The molecule has 1 heterocycles. The van der Waals surface area contributed by atoms with Crippen LogP contribution in [0.2, 0.25) is 9.36 Å². The molecule has 1 aromatic heterocycles. The number of hydrogen-bond donors (Lipinski definition) is 0. The number of fused-ring (bicyclic) bond motifs is 1. The molecule has 0 spiro atoms. The molecule has 0 radical (unpaired) electrons. The van der Waals surface area contributed by atoms with Gasteiger partial charge in [0.1, 0.15) is 0 Å². The lowest BCUT2D eigenvalue weighted by Crippen LogP contribution is -2.40. The summed E-state index contributed by atoms with van der Waals surface area (Å²) in [6, 6.07) is 28.0. The van der Waals surface area contributed by atoms with Crippen LogP contribution in [0.25, 0.3) is 10.4 Å². The summed E-state index contributed by atoms with van der Waals surface area (Å²) in [5.74, 6) is 0.0397. The molecular weight excluding hydrogens is 457 g/mol. The SMILES string of the molecule is O=C(c1ccccc1-c1ccc(Cl)s1)N(Cc1ccc(Cl)cc1)C1Cc2ccccc2C1. The number of thiophene rings is 1. The largest absolute Gasteiger partial charge is 0.331 e. The van der Waals surface area contributed by atoms with E-state index >= 15 is 0 Å². The lowest BCUT2D eigenvalue weighted by atomic mass is 10.0. The summed E-state index contributed by atoms with van der Waals surface area (Å²) < 4.78 is 0.714. The summed E-state index contributed by atoms with van der Waals surface area (Å²) in [6.45, 7) is 0.536. The molecular formula is C27H21Cl2NOS. The Labute approximate surface area is 202 Å². The zero-order chi connectivity index (χ0) is 22.1. The second-order valence-electron chi connectivity index (χ2n) is 8.04. The molecule has 5 rings (SSSR count). The summed E-state index contributed by atoms with van der Waals surface area (Å²) in [4.78, 5) is 17.1. The van der Waals surface area contributed by atoms with Crippen molar-refractivity contribution in [3.63, 3.8) is 0 Å². The minimum atomic E-state index is 0.0397. The van der Waals surface area contributed by atoms with Gasteiger partial charge in [0, 0.05) is 33.6 Å². The molecule has 4 aromatic rings. The van der Waals surface area contributed by atoms with Crippen molar-refractivity contribution in [2.75, 3.05) is 0 Å². The van der Waals surface area contributed by atoms with E-state index < -0.39 is 0 Å². The molecule has 160 valence electrons. The van der Waals surface area contributed by atoms with Gasteiger partial charge in [-0.3, -0.25) is 4.79 Å². The standard InChI is InChI=1S/C27H21Cl2NOS/c28-21-11-9-18(10-12-21)17-30(22-15-19-5-1-2-6-20(19)16-22)27(31)24-8-4-3-7-23(24)25-13-14-26(29)32-25/h1-14,22H,15-17H2. The van der Waals surface area contributed by atoms with Crippen LogP contribution in [0.15, 0.2) is 84.9 Å². The lowest BCUT2D eigenvalue weighted by Gasteiger charge is -2.30. The zero-order valence-corrected chi connectivity index (χ0v) is 19.6. The minimum Gasteiger partial charge on any atom is -0.331 e. The van der Waals surface area contributed by atoms with Gasteiger partial charge in [-0.2, -0.15) is 0 Å². The van der Waals surface area contributed by atoms with E-state index in [0.29, 0.717) is 21.5 Å². The van der Waals surface area contributed by atoms with E-state index in [-0.39, 0.29) is 11.9 Å². The molecule has 1 aliphatic rings. The van der Waals surface area contributed by atoms with Crippen molar-refractivity contribution in [1.29, 1.82) is 0 Å². The highest BCUT2D eigenvalue weighted by Crippen LogP contribution is 2.35. The van der Waals surface area contributed by atoms with Gasteiger partial charge in [0.2, 0.25) is 0 Å². The fourth-order valence-electron chi connectivity index (χ4n) is 4.41. The van der Waals surface area contributed by atoms with Crippen molar-refractivity contribution in [3.8, 4) is 10.4 Å². The van der Waals surface area contributed by atoms with Crippen LogP contribution in [0.1, 0.15) is 27.0 Å². The molecule has 5 heteroatoms. The molecule has 1 amide bonds. The number of benzene rings is 3. The normalized spacial score (nSPS) is 13.2. The number of nitrogens with zero attached hydrogens (tertiary/aromatic N) is 1. The molecule has 0 bridgehead atoms. The first-order valence-electron chi connectivity index (χ1n) is 10.6. The molecule has 32 heavy (non-hydrogen) atoms. The van der Waals surface area contributed by atoms with Crippen LogP contribution >= 0.6 is 34.5 Å². The highest BCUT2D eigenvalue weighted by atomic mass is 35.5. The third-order valence-corrected chi connectivity index (χ3v) is 7.51. The molecule has 3 aromatic carbocycles. The molecule has 0 N–H and O–H groups in total. The Morgan fingerprint density at radius 1 is 0.844 bits per heavy atom. The van der Waals surface area contributed by atoms with Gasteiger partial charge in [-0.15, -0.1) is 11.3 Å². The average molecular weight is 478 g/mol. The first kappa shape index (κ1) is 21.3. The van der Waals surface area contributed by atoms with Gasteiger partial charge in [0.25, 0.3) is 5.91 Å². The Balaban J connectivity index is 1.52. The van der Waals surface area contributed by atoms with Gasteiger partial charge < -0.3 is 4.90 Å². The maximum Gasteiger partial charge on any atom is 0.255 e. The van der Waals surface area contributed by atoms with Crippen molar-refractivity contribution < 1.29 is 4.79 Å². The quantitative estimate of drug-likeness (QED) is 0.290. The van der Waals surface area contributed by atoms with E-state index in [1.54, 1.807) is 0 Å². The van der Waals surface area contributed by atoms with Gasteiger partial charge in [-0.25, -0.2) is 0 Å². The molecule has 0 saturated carbocycles. The van der Waals surface area contributed by atoms with Crippen LogP contribution in [0, 0.1) is 0 Å². The minimum absolute atomic E-state index is 0.0397. The molecule has 0 atom stereocenters. The molecule has 0 aliphatic heterocycles. The average Bonchev–Trinajstić information content (AvgIpc) is 3.44. The number of hydrogen-bond acceptors (Lipinski definition) is 2. The van der Waals surface area contributed by atoms with Gasteiger partial charge in [-0.05, 0) is 59.9 Å². The fraction of sp³-hybridized carbons (Fsp3) is 0.148. The lowest BCUT2D eigenvalue weighted by molar-refractivity contribution is 0.0668. The predicted octanol–water partition coefficient (Wildman–Crippen LogP) is 7.53. The Bertz CT molecular complexity index is 1240. The van der Waals surface area contributed by atoms with E-state index in [4.69, 9.17) is 23.2 Å². The number of halogens is 2. The van der Waals surface area contributed by atoms with Crippen molar-refractivity contribution in [3.05, 3.63) is 117 Å². The maximum atomic E-state index is 14.0. The third-order valence-electron chi connectivity index (χ3n) is 5.99. The smallest absolute Gasteiger partial charge is 0.255 e. The first-order chi connectivity index (χ1) is 15.6. The van der Waals surface area contributed by atoms with Crippen molar-refractivity contribution >= 4 is 40.4 Å². The number of carbonyl (C=O) groups is 1. The molecule has 0 saturated heterocycles. The topological polar surface area (TPSA) is 20.3 Å². The summed E-state index contributed by atoms with van der Waals surface area (Å²) in [6.07, 6.45) is 1.73. The Hall–Kier alpha value is -2.59. The van der Waals surface area contributed by atoms with E-state index in [1.807, 2.05) is 65.6 Å². The zero-order valence-electron chi connectivity index (χ0n) is 17.3. The molecule has 0 unspecified atom stereocenters. The fourth-order valence-corrected chi connectivity index (χ4v) is 5.62. The first-order valence-corrected chi connectivity index (χ1v) is 12.1. The number of carbonyl (C=O) groups excluding carboxylic acids is 1. The monoisotopic (exact) mass is 477 g/mol. The van der Waals surface area contributed by atoms with Crippen LogP contribution in [-0.2, 0) is 19.4 Å². The van der Waals surface area contributed by atoms with Crippen molar-refractivity contribution in [2.24, 2.45) is 0 Å². The summed E-state index contributed by atoms with van der Waals surface area (Å²) >= 11 is 13.8. The van der Waals surface area contributed by atoms with Gasteiger partial charge in [-0.1, -0.05) is 77.8 Å². The maximum absolute atomic E-state index is 14.0. The predicted molar refractivity (Wildman–Crippen MR) is 134 cm³/mol. The summed E-state index contributed by atoms with van der Waals surface area (Å²) in [5.41, 5.74) is 5.34. The highest BCUT2D eigenvalue weighted by Gasteiger charge is 2.31. The van der Waals surface area contributed by atoms with E-state index in [2.05, 4.69) is 24.3 Å². The van der Waals surface area contributed by atoms with Crippen LogP contribution in [0.5, 0.6) is 0 Å². The Morgan fingerprint density at radius 2 is 1.50 bits per heavy atom. The Morgan fingerprint density at radius 3 is 2.16 bits per heavy atom. The highest BCUT2D eigenvalue weighted by molar-refractivity contribution is 7.19. The van der Waals surface area contributed by atoms with Gasteiger partial charge in [0.15, 0.2) is 0 Å². The van der Waals surface area contributed by atoms with Crippen LogP contribution < -0.4 is 0 Å². The van der Waals surface area contributed by atoms with Crippen molar-refractivity contribution in [1.82, 2.24) is 4.90 Å². The van der Waals surface area contributed by atoms with E-state index in [9.17, 15) is 4.79 Å². The van der Waals surface area contributed by atoms with Gasteiger partial charge in [0.05, 0.1) is 4.34 Å². The molecule has 0 fully saturated rings. The van der Waals surface area contributed by atoms with E-state index in [1.165, 1.54) is 22.5 Å². The van der Waals surface area contributed by atoms with Crippen LogP contribution in [-0.4, -0.2) is 16.8 Å². The van der Waals surface area contributed by atoms with Gasteiger partial charge >= 0.3 is 0 Å². The van der Waals surface area contributed by atoms with E-state index in [0.717, 1.165) is 28.8 Å². The number of rotatable bonds is 5.